The smallest absolute Gasteiger partial charge is 0.348 e. The number of likely N-dealkylation sites (N-methyl/N-ethyl adjacent to an activating group) is 1. The van der Waals surface area contributed by atoms with Crippen LogP contribution < -0.4 is 10.6 Å². The molecule has 1 N–H and O–H groups in total. The van der Waals surface area contributed by atoms with Crippen molar-refractivity contribution in [2.24, 2.45) is 0 Å². The molecule has 0 radical (unpaired) electrons. The Bertz CT molecular complexity index is 571. The molecule has 0 aliphatic heterocycles. The summed E-state index contributed by atoms with van der Waals surface area (Å²) >= 11 is 5.70. The highest BCUT2D eigenvalue weighted by Crippen LogP contribution is 2.13. The lowest BCUT2D eigenvalue weighted by molar-refractivity contribution is 0.298. The van der Waals surface area contributed by atoms with E-state index in [4.69, 9.17) is 11.6 Å². The molecule has 1 aromatic heterocycles. The summed E-state index contributed by atoms with van der Waals surface area (Å²) in [5, 5.41) is 0.160. The molecule has 0 saturated heterocycles. The van der Waals surface area contributed by atoms with Gasteiger partial charge in [0.15, 0.2) is 0 Å². The molecule has 0 spiro atoms. The highest BCUT2D eigenvalue weighted by Gasteiger charge is 2.15. The van der Waals surface area contributed by atoms with E-state index in [-0.39, 0.29) is 17.8 Å². The van der Waals surface area contributed by atoms with Gasteiger partial charge in [-0.1, -0.05) is 11.6 Å². The average molecular weight is 296 g/mol. The number of H-pyrrole nitrogens is 1. The lowest BCUT2D eigenvalue weighted by Crippen LogP contribution is -2.35. The minimum atomic E-state index is -3.49. The van der Waals surface area contributed by atoms with Gasteiger partial charge in [0.2, 0.25) is 0 Å². The first kappa shape index (κ1) is 14.9. The second-order valence-electron chi connectivity index (χ2n) is 3.84. The molecule has 0 aliphatic rings. The van der Waals surface area contributed by atoms with Crippen molar-refractivity contribution in [1.82, 2.24) is 9.97 Å². The maximum atomic E-state index is 11.2. The predicted molar refractivity (Wildman–Crippen MR) is 68.5 cm³/mol. The molecule has 1 heterocycles. The first-order valence-electron chi connectivity index (χ1n) is 5.03. The zero-order chi connectivity index (χ0) is 13.9. The van der Waals surface area contributed by atoms with E-state index >= 15 is 0 Å². The fraction of sp³-hybridized carbons (Fsp3) is 0.556. The fourth-order valence-electron chi connectivity index (χ4n) is 1.16. The molecule has 1 unspecified atom stereocenters. The average Bonchev–Trinajstić information content (AvgIpc) is 2.22. The molecule has 7 nitrogen and oxygen atoms in total. The maximum Gasteiger partial charge on any atom is 0.348 e. The Labute approximate surface area is 110 Å². The number of aromatic nitrogens is 2. The first-order chi connectivity index (χ1) is 8.19. The van der Waals surface area contributed by atoms with Gasteiger partial charge in [-0.05, 0) is 6.92 Å². The summed E-state index contributed by atoms with van der Waals surface area (Å²) in [6, 6.07) is 1.19. The van der Waals surface area contributed by atoms with Crippen molar-refractivity contribution in [3.05, 3.63) is 21.7 Å². The highest BCUT2D eigenvalue weighted by atomic mass is 35.5. The molecule has 1 aromatic rings. The van der Waals surface area contributed by atoms with Gasteiger partial charge < -0.3 is 4.90 Å². The van der Waals surface area contributed by atoms with Crippen LogP contribution in [0.1, 0.15) is 6.92 Å². The van der Waals surface area contributed by atoms with Gasteiger partial charge in [0.25, 0.3) is 10.1 Å². The standard InChI is InChI=1S/C9H14ClN3O4S/c1-6(5-17-18(3,15)16)13(2)8-4-7(10)11-9(14)12-8/h4,6H,5H2,1-3H3,(H,11,12,14). The van der Waals surface area contributed by atoms with Gasteiger partial charge in [0.05, 0.1) is 18.9 Å². The Hall–Kier alpha value is -1.12. The van der Waals surface area contributed by atoms with E-state index in [2.05, 4.69) is 14.2 Å². The third-order valence-electron chi connectivity index (χ3n) is 2.24. The lowest BCUT2D eigenvalue weighted by Gasteiger charge is -2.25. The van der Waals surface area contributed by atoms with Crippen LogP contribution in [0.4, 0.5) is 5.82 Å². The third kappa shape index (κ3) is 4.63. The van der Waals surface area contributed by atoms with Gasteiger partial charge in [-0.25, -0.2) is 4.79 Å². The molecule has 0 saturated carbocycles. The first-order valence-corrected chi connectivity index (χ1v) is 7.22. The molecule has 1 atom stereocenters. The van der Waals surface area contributed by atoms with E-state index in [0.717, 1.165) is 6.26 Å². The maximum absolute atomic E-state index is 11.2. The second kappa shape index (κ2) is 5.68. The van der Waals surface area contributed by atoms with E-state index in [1.54, 1.807) is 18.9 Å². The molecule has 102 valence electrons. The van der Waals surface area contributed by atoms with Crippen LogP contribution in [0.15, 0.2) is 10.9 Å². The molecule has 0 bridgehead atoms. The molecule has 0 amide bonds. The van der Waals surface area contributed by atoms with Crippen molar-refractivity contribution in [3.63, 3.8) is 0 Å². The van der Waals surface area contributed by atoms with Gasteiger partial charge in [-0.3, -0.25) is 9.17 Å². The number of rotatable bonds is 5. The molecule has 9 heteroatoms. The number of aromatic amines is 1. The van der Waals surface area contributed by atoms with Crippen LogP contribution in [0.2, 0.25) is 5.15 Å². The number of hydrogen-bond donors (Lipinski definition) is 1. The molecular formula is C9H14ClN3O4S. The minimum absolute atomic E-state index is 0.0402. The number of nitrogens with zero attached hydrogens (tertiary/aromatic N) is 2. The van der Waals surface area contributed by atoms with E-state index in [1.165, 1.54) is 6.07 Å². The van der Waals surface area contributed by atoms with Crippen LogP contribution >= 0.6 is 11.6 Å². The van der Waals surface area contributed by atoms with Gasteiger partial charge in [0.1, 0.15) is 11.0 Å². The summed E-state index contributed by atoms with van der Waals surface area (Å²) in [4.78, 5) is 18.8. The van der Waals surface area contributed by atoms with Crippen LogP contribution in [-0.2, 0) is 14.3 Å². The quantitative estimate of drug-likeness (QED) is 0.617. The SMILES string of the molecule is CC(COS(C)(=O)=O)N(C)c1cc(Cl)[nH]c(=O)n1. The highest BCUT2D eigenvalue weighted by molar-refractivity contribution is 7.85. The van der Waals surface area contributed by atoms with Crippen molar-refractivity contribution in [1.29, 1.82) is 0 Å². The lowest BCUT2D eigenvalue weighted by atomic mass is 10.3. The number of nitrogens with one attached hydrogen (secondary N) is 1. The molecule has 0 fully saturated rings. The molecule has 0 aromatic carbocycles. The summed E-state index contributed by atoms with van der Waals surface area (Å²) in [7, 11) is -1.83. The van der Waals surface area contributed by atoms with Crippen LogP contribution in [-0.4, -0.2) is 44.3 Å². The van der Waals surface area contributed by atoms with E-state index in [9.17, 15) is 13.2 Å². The van der Waals surface area contributed by atoms with Crippen molar-refractivity contribution in [3.8, 4) is 0 Å². The minimum Gasteiger partial charge on any atom is -0.354 e. The van der Waals surface area contributed by atoms with Crippen molar-refractivity contribution < 1.29 is 12.6 Å². The Kier molecular flexibility index (Phi) is 4.71. The summed E-state index contributed by atoms with van der Waals surface area (Å²) in [5.41, 5.74) is -0.569. The number of halogens is 1. The zero-order valence-electron chi connectivity index (χ0n) is 10.2. The number of hydrogen-bond acceptors (Lipinski definition) is 6. The topological polar surface area (TPSA) is 92.4 Å². The monoisotopic (exact) mass is 295 g/mol. The van der Waals surface area contributed by atoms with Gasteiger partial charge >= 0.3 is 5.69 Å². The molecular weight excluding hydrogens is 282 g/mol. The Morgan fingerprint density at radius 3 is 2.72 bits per heavy atom. The summed E-state index contributed by atoms with van der Waals surface area (Å²) < 4.78 is 26.4. The Balaban J connectivity index is 2.80. The van der Waals surface area contributed by atoms with Crippen LogP contribution in [0.3, 0.4) is 0 Å². The van der Waals surface area contributed by atoms with E-state index in [1.807, 2.05) is 0 Å². The molecule has 0 aliphatic carbocycles. The molecule has 18 heavy (non-hydrogen) atoms. The van der Waals surface area contributed by atoms with Gasteiger partial charge in [-0.15, -0.1) is 0 Å². The largest absolute Gasteiger partial charge is 0.354 e. The van der Waals surface area contributed by atoms with Gasteiger partial charge in [0, 0.05) is 13.1 Å². The van der Waals surface area contributed by atoms with Crippen LogP contribution in [0, 0.1) is 0 Å². The van der Waals surface area contributed by atoms with E-state index < -0.39 is 15.8 Å². The normalized spacial score (nSPS) is 13.3. The Morgan fingerprint density at radius 2 is 2.22 bits per heavy atom. The summed E-state index contributed by atoms with van der Waals surface area (Å²) in [6.45, 7) is 1.70. The number of anilines is 1. The fourth-order valence-corrected chi connectivity index (χ4v) is 1.78. The van der Waals surface area contributed by atoms with Crippen LogP contribution in [0.25, 0.3) is 0 Å². The summed E-state index contributed by atoms with van der Waals surface area (Å²) in [5.74, 6) is 0.341. The van der Waals surface area contributed by atoms with Crippen molar-refractivity contribution >= 4 is 27.5 Å². The van der Waals surface area contributed by atoms with Gasteiger partial charge in [-0.2, -0.15) is 13.4 Å². The third-order valence-corrected chi connectivity index (χ3v) is 3.01. The van der Waals surface area contributed by atoms with Crippen molar-refractivity contribution in [2.45, 2.75) is 13.0 Å². The Morgan fingerprint density at radius 1 is 1.61 bits per heavy atom. The van der Waals surface area contributed by atoms with Crippen LogP contribution in [0.5, 0.6) is 0 Å². The molecule has 1 rings (SSSR count). The van der Waals surface area contributed by atoms with E-state index in [0.29, 0.717) is 5.82 Å². The second-order valence-corrected chi connectivity index (χ2v) is 5.89. The predicted octanol–water partition coefficient (Wildman–Crippen LogP) is 0.224. The summed E-state index contributed by atoms with van der Waals surface area (Å²) in [6.07, 6.45) is 0.974. The van der Waals surface area contributed by atoms with Crippen molar-refractivity contribution in [2.75, 3.05) is 24.8 Å². The zero-order valence-corrected chi connectivity index (χ0v) is 11.7.